The zero-order valence-electron chi connectivity index (χ0n) is 11.3. The van der Waals surface area contributed by atoms with Gasteiger partial charge in [-0.15, -0.1) is 0 Å². The number of rotatable bonds is 4. The summed E-state index contributed by atoms with van der Waals surface area (Å²) < 4.78 is 0. The van der Waals surface area contributed by atoms with Crippen molar-refractivity contribution in [3.05, 3.63) is 59.7 Å². The average Bonchev–Trinajstić information content (AvgIpc) is 2.48. The zero-order valence-corrected chi connectivity index (χ0v) is 11.3. The number of benzene rings is 3. The van der Waals surface area contributed by atoms with E-state index in [4.69, 9.17) is 0 Å². The highest BCUT2D eigenvalue weighted by atomic mass is 16.3. The molecule has 0 fully saturated rings. The van der Waals surface area contributed by atoms with E-state index in [1.807, 2.05) is 12.1 Å². The van der Waals surface area contributed by atoms with E-state index in [9.17, 15) is 10.2 Å². The molecule has 20 heavy (non-hydrogen) atoms. The number of hydrogen-bond acceptors (Lipinski definition) is 2. The van der Waals surface area contributed by atoms with E-state index in [1.165, 1.54) is 32.7 Å². The second-order valence-electron chi connectivity index (χ2n) is 5.04. The summed E-state index contributed by atoms with van der Waals surface area (Å²) in [4.78, 5) is 0. The molecule has 0 aliphatic rings. The van der Waals surface area contributed by atoms with Crippen LogP contribution in [-0.4, -0.2) is 23.4 Å². The molecule has 0 aliphatic heterocycles. The van der Waals surface area contributed by atoms with Crippen molar-refractivity contribution < 1.29 is 10.2 Å². The van der Waals surface area contributed by atoms with Crippen LogP contribution in [0.2, 0.25) is 0 Å². The number of fused-ring (bicyclic) bond motifs is 3. The van der Waals surface area contributed by atoms with E-state index in [0.717, 1.165) is 0 Å². The quantitative estimate of drug-likeness (QED) is 0.712. The Morgan fingerprint density at radius 1 is 0.550 bits per heavy atom. The third kappa shape index (κ3) is 2.17. The van der Waals surface area contributed by atoms with Gasteiger partial charge in [0.2, 0.25) is 0 Å². The normalized spacial score (nSPS) is 11.3. The van der Waals surface area contributed by atoms with Crippen molar-refractivity contribution in [3.63, 3.8) is 0 Å². The van der Waals surface area contributed by atoms with Crippen molar-refractivity contribution in [1.82, 2.24) is 0 Å². The predicted octanol–water partition coefficient (Wildman–Crippen LogP) is 3.06. The van der Waals surface area contributed by atoms with Crippen molar-refractivity contribution in [2.45, 2.75) is 12.8 Å². The lowest BCUT2D eigenvalue weighted by atomic mass is 9.94. The van der Waals surface area contributed by atoms with E-state index in [2.05, 4.69) is 36.4 Å². The fourth-order valence-corrected chi connectivity index (χ4v) is 2.93. The number of aliphatic hydroxyl groups is 2. The molecule has 3 aromatic rings. The first-order chi connectivity index (χ1) is 9.85. The summed E-state index contributed by atoms with van der Waals surface area (Å²) in [7, 11) is 0. The van der Waals surface area contributed by atoms with E-state index < -0.39 is 0 Å². The Hall–Kier alpha value is -1.90. The topological polar surface area (TPSA) is 40.5 Å². The maximum Gasteiger partial charge on any atom is 0.0471 e. The highest BCUT2D eigenvalue weighted by Gasteiger charge is 2.07. The van der Waals surface area contributed by atoms with Gasteiger partial charge in [0.1, 0.15) is 0 Å². The van der Waals surface area contributed by atoms with Gasteiger partial charge in [-0.25, -0.2) is 0 Å². The van der Waals surface area contributed by atoms with Crippen LogP contribution in [0.4, 0.5) is 0 Å². The molecule has 0 unspecified atom stereocenters. The SMILES string of the molecule is OCCc1cccc2c1ccc1c(CCO)cccc12. The minimum absolute atomic E-state index is 0.168. The zero-order chi connectivity index (χ0) is 13.9. The monoisotopic (exact) mass is 266 g/mol. The summed E-state index contributed by atoms with van der Waals surface area (Å²) >= 11 is 0. The average molecular weight is 266 g/mol. The summed E-state index contributed by atoms with van der Waals surface area (Å²) in [5.74, 6) is 0. The number of aliphatic hydroxyl groups excluding tert-OH is 2. The van der Waals surface area contributed by atoms with Crippen LogP contribution in [0, 0.1) is 0 Å². The molecule has 2 heteroatoms. The van der Waals surface area contributed by atoms with Gasteiger partial charge in [0.15, 0.2) is 0 Å². The maximum absolute atomic E-state index is 9.18. The third-order valence-corrected chi connectivity index (χ3v) is 3.86. The van der Waals surface area contributed by atoms with Crippen LogP contribution in [0.25, 0.3) is 21.5 Å². The van der Waals surface area contributed by atoms with E-state index >= 15 is 0 Å². The van der Waals surface area contributed by atoms with Crippen LogP contribution in [0.3, 0.4) is 0 Å². The Kier molecular flexibility index (Phi) is 3.68. The lowest BCUT2D eigenvalue weighted by molar-refractivity contribution is 0.299. The molecule has 0 radical (unpaired) electrons. The summed E-state index contributed by atoms with van der Waals surface area (Å²) in [6, 6.07) is 16.7. The molecule has 2 nitrogen and oxygen atoms in total. The minimum atomic E-state index is 0.168. The van der Waals surface area contributed by atoms with Gasteiger partial charge in [0, 0.05) is 13.2 Å². The van der Waals surface area contributed by atoms with Gasteiger partial charge in [0.25, 0.3) is 0 Å². The van der Waals surface area contributed by atoms with Gasteiger partial charge in [-0.1, -0.05) is 48.5 Å². The molecular weight excluding hydrogens is 248 g/mol. The molecule has 0 saturated heterocycles. The van der Waals surface area contributed by atoms with Crippen molar-refractivity contribution in [2.75, 3.05) is 13.2 Å². The Morgan fingerprint density at radius 3 is 1.40 bits per heavy atom. The highest BCUT2D eigenvalue weighted by molar-refractivity contribution is 6.09. The molecule has 102 valence electrons. The van der Waals surface area contributed by atoms with Crippen LogP contribution in [0.1, 0.15) is 11.1 Å². The van der Waals surface area contributed by atoms with E-state index in [0.29, 0.717) is 12.8 Å². The summed E-state index contributed by atoms with van der Waals surface area (Å²) in [6.45, 7) is 0.337. The van der Waals surface area contributed by atoms with Gasteiger partial charge in [0.05, 0.1) is 0 Å². The molecule has 0 saturated carbocycles. The second kappa shape index (κ2) is 5.61. The second-order valence-corrected chi connectivity index (χ2v) is 5.04. The first kappa shape index (κ1) is 13.1. The van der Waals surface area contributed by atoms with Gasteiger partial charge in [-0.05, 0) is 45.5 Å². The van der Waals surface area contributed by atoms with Gasteiger partial charge >= 0.3 is 0 Å². The van der Waals surface area contributed by atoms with Gasteiger partial charge in [-0.2, -0.15) is 0 Å². The molecule has 0 atom stereocenters. The van der Waals surface area contributed by atoms with Crippen LogP contribution in [0.5, 0.6) is 0 Å². The van der Waals surface area contributed by atoms with Crippen molar-refractivity contribution in [2.24, 2.45) is 0 Å². The lowest BCUT2D eigenvalue weighted by Gasteiger charge is -2.11. The van der Waals surface area contributed by atoms with E-state index in [-0.39, 0.29) is 13.2 Å². The van der Waals surface area contributed by atoms with Crippen LogP contribution in [-0.2, 0) is 12.8 Å². The Balaban J connectivity index is 2.31. The summed E-state index contributed by atoms with van der Waals surface area (Å²) in [6.07, 6.45) is 1.36. The molecule has 3 aromatic carbocycles. The predicted molar refractivity (Wildman–Crippen MR) is 83.0 cm³/mol. The number of hydrogen-bond donors (Lipinski definition) is 2. The maximum atomic E-state index is 9.18. The molecule has 0 heterocycles. The van der Waals surface area contributed by atoms with Crippen LogP contribution in [0.15, 0.2) is 48.5 Å². The molecule has 3 rings (SSSR count). The molecule has 0 aromatic heterocycles. The van der Waals surface area contributed by atoms with E-state index in [1.54, 1.807) is 0 Å². The Labute approximate surface area is 118 Å². The fourth-order valence-electron chi connectivity index (χ4n) is 2.93. The summed E-state index contributed by atoms with van der Waals surface area (Å²) in [5, 5.41) is 23.2. The third-order valence-electron chi connectivity index (χ3n) is 3.86. The summed E-state index contributed by atoms with van der Waals surface area (Å²) in [5.41, 5.74) is 2.36. The van der Waals surface area contributed by atoms with Crippen molar-refractivity contribution >= 4 is 21.5 Å². The van der Waals surface area contributed by atoms with Gasteiger partial charge in [-0.3, -0.25) is 0 Å². The van der Waals surface area contributed by atoms with Crippen LogP contribution < -0.4 is 0 Å². The lowest BCUT2D eigenvalue weighted by Crippen LogP contribution is -1.94. The smallest absolute Gasteiger partial charge is 0.0471 e. The fraction of sp³-hybridized carbons (Fsp3) is 0.222. The van der Waals surface area contributed by atoms with Crippen molar-refractivity contribution in [1.29, 1.82) is 0 Å². The molecule has 0 amide bonds. The largest absolute Gasteiger partial charge is 0.396 e. The highest BCUT2D eigenvalue weighted by Crippen LogP contribution is 2.30. The van der Waals surface area contributed by atoms with Crippen molar-refractivity contribution in [3.8, 4) is 0 Å². The first-order valence-electron chi connectivity index (χ1n) is 6.99. The molecule has 0 spiro atoms. The first-order valence-corrected chi connectivity index (χ1v) is 6.99. The van der Waals surface area contributed by atoms with Gasteiger partial charge < -0.3 is 10.2 Å². The standard InChI is InChI=1S/C18H18O2/c19-11-9-13-3-1-5-17-15(13)7-8-16-14(10-12-20)4-2-6-18(16)17/h1-8,19-20H,9-12H2. The molecule has 2 N–H and O–H groups in total. The Morgan fingerprint density at radius 2 is 1.00 bits per heavy atom. The molecule has 0 aliphatic carbocycles. The van der Waals surface area contributed by atoms with Crippen LogP contribution >= 0.6 is 0 Å². The molecular formula is C18H18O2. The Bertz CT molecular complexity index is 682. The minimum Gasteiger partial charge on any atom is -0.396 e. The molecule has 0 bridgehead atoms.